The average Bonchev–Trinajstić information content (AvgIpc) is 2.73. The van der Waals surface area contributed by atoms with Gasteiger partial charge in [-0.25, -0.2) is 0 Å². The summed E-state index contributed by atoms with van der Waals surface area (Å²) in [5.74, 6) is 1.30. The molecule has 0 saturated carbocycles. The van der Waals surface area contributed by atoms with Crippen LogP contribution in [-0.2, 0) is 6.61 Å². The third-order valence-corrected chi connectivity index (χ3v) is 5.17. The normalized spacial score (nSPS) is 10.9. The van der Waals surface area contributed by atoms with E-state index in [-0.39, 0.29) is 5.78 Å². The molecule has 0 fully saturated rings. The summed E-state index contributed by atoms with van der Waals surface area (Å²) in [5, 5.41) is 0.694. The van der Waals surface area contributed by atoms with E-state index in [0.29, 0.717) is 35.3 Å². The Kier molecular flexibility index (Phi) is 7.72. The lowest BCUT2D eigenvalue weighted by Crippen LogP contribution is -2.02. The molecule has 0 atom stereocenters. The highest BCUT2D eigenvalue weighted by atomic mass is 127. The lowest BCUT2D eigenvalue weighted by atomic mass is 10.1. The van der Waals surface area contributed by atoms with E-state index in [1.807, 2.05) is 61.5 Å². The summed E-state index contributed by atoms with van der Waals surface area (Å²) >= 11 is 8.16. The van der Waals surface area contributed by atoms with Gasteiger partial charge in [0.15, 0.2) is 17.3 Å². The summed E-state index contributed by atoms with van der Waals surface area (Å²) in [6.07, 6.45) is 3.37. The number of carbonyl (C=O) groups excluding carboxylic acids is 1. The Hall–Kier alpha value is -2.31. The predicted molar refractivity (Wildman–Crippen MR) is 126 cm³/mol. The van der Waals surface area contributed by atoms with Crippen molar-refractivity contribution in [2.24, 2.45) is 0 Å². The molecule has 0 aliphatic rings. The van der Waals surface area contributed by atoms with E-state index < -0.39 is 0 Å². The molecule has 0 unspecified atom stereocenters. The summed E-state index contributed by atoms with van der Waals surface area (Å²) in [7, 11) is 0. The quantitative estimate of drug-likeness (QED) is 0.186. The third kappa shape index (κ3) is 6.08. The van der Waals surface area contributed by atoms with Crippen molar-refractivity contribution in [1.29, 1.82) is 0 Å². The Balaban J connectivity index is 1.79. The van der Waals surface area contributed by atoms with Crippen LogP contribution < -0.4 is 9.47 Å². The Morgan fingerprint density at radius 2 is 1.76 bits per heavy atom. The molecule has 3 aromatic carbocycles. The van der Waals surface area contributed by atoms with E-state index in [4.69, 9.17) is 21.1 Å². The molecule has 3 rings (SSSR count). The number of benzene rings is 3. The standard InChI is InChI=1S/C24H20ClIO3/c1-2-28-23-15-18(10-13-22(27)19-6-4-3-5-7-19)14-21(26)24(23)29-16-17-8-11-20(25)12-9-17/h3-15H,2,16H2,1H3/b13-10+. The molecule has 0 aliphatic carbocycles. The first-order chi connectivity index (χ1) is 14.1. The molecular formula is C24H20ClIO3. The second kappa shape index (κ2) is 10.5. The number of halogens is 2. The van der Waals surface area contributed by atoms with Crippen LogP contribution in [-0.4, -0.2) is 12.4 Å². The zero-order valence-electron chi connectivity index (χ0n) is 15.9. The van der Waals surface area contributed by atoms with Crippen molar-refractivity contribution < 1.29 is 14.3 Å². The predicted octanol–water partition coefficient (Wildman–Crippen LogP) is 6.82. The summed E-state index contributed by atoms with van der Waals surface area (Å²) in [5.41, 5.74) is 2.55. The molecule has 0 aliphatic heterocycles. The number of hydrogen-bond donors (Lipinski definition) is 0. The fourth-order valence-corrected chi connectivity index (χ4v) is 3.60. The van der Waals surface area contributed by atoms with Gasteiger partial charge in [-0.2, -0.15) is 0 Å². The van der Waals surface area contributed by atoms with E-state index >= 15 is 0 Å². The smallest absolute Gasteiger partial charge is 0.185 e. The van der Waals surface area contributed by atoms with Crippen molar-refractivity contribution in [3.8, 4) is 11.5 Å². The number of hydrogen-bond acceptors (Lipinski definition) is 3. The Morgan fingerprint density at radius 3 is 2.45 bits per heavy atom. The molecule has 5 heteroatoms. The van der Waals surface area contributed by atoms with E-state index in [1.165, 1.54) is 0 Å². The first kappa shape index (κ1) is 21.4. The van der Waals surface area contributed by atoms with Crippen LogP contribution in [0.4, 0.5) is 0 Å². The number of carbonyl (C=O) groups is 1. The van der Waals surface area contributed by atoms with Crippen LogP contribution in [0.1, 0.15) is 28.4 Å². The van der Waals surface area contributed by atoms with E-state index in [1.54, 1.807) is 24.3 Å². The highest BCUT2D eigenvalue weighted by Gasteiger charge is 2.12. The first-order valence-electron chi connectivity index (χ1n) is 9.18. The zero-order chi connectivity index (χ0) is 20.6. The maximum Gasteiger partial charge on any atom is 0.185 e. The average molecular weight is 519 g/mol. The molecule has 0 amide bonds. The minimum absolute atomic E-state index is 0.0402. The van der Waals surface area contributed by atoms with Gasteiger partial charge >= 0.3 is 0 Å². The van der Waals surface area contributed by atoms with E-state index in [2.05, 4.69) is 22.6 Å². The largest absolute Gasteiger partial charge is 0.490 e. The highest BCUT2D eigenvalue weighted by Crippen LogP contribution is 2.35. The minimum Gasteiger partial charge on any atom is -0.490 e. The molecule has 148 valence electrons. The summed E-state index contributed by atoms with van der Waals surface area (Å²) < 4.78 is 12.7. The molecule has 0 spiro atoms. The van der Waals surface area contributed by atoms with Gasteiger partial charge in [-0.05, 0) is 71.0 Å². The Morgan fingerprint density at radius 1 is 1.03 bits per heavy atom. The molecule has 0 radical (unpaired) electrons. The second-order valence-corrected chi connectivity index (χ2v) is 7.84. The van der Waals surface area contributed by atoms with Gasteiger partial charge in [0.05, 0.1) is 10.2 Å². The van der Waals surface area contributed by atoms with Crippen LogP contribution in [0.15, 0.2) is 72.8 Å². The second-order valence-electron chi connectivity index (χ2n) is 6.24. The van der Waals surface area contributed by atoms with Gasteiger partial charge in [0, 0.05) is 10.6 Å². The lowest BCUT2D eigenvalue weighted by Gasteiger charge is -2.15. The fraction of sp³-hybridized carbons (Fsp3) is 0.125. The summed E-state index contributed by atoms with van der Waals surface area (Å²) in [6.45, 7) is 2.86. The summed E-state index contributed by atoms with van der Waals surface area (Å²) in [6, 6.07) is 20.6. The third-order valence-electron chi connectivity index (χ3n) is 4.11. The van der Waals surface area contributed by atoms with E-state index in [9.17, 15) is 4.79 Å². The van der Waals surface area contributed by atoms with Crippen LogP contribution in [0.25, 0.3) is 6.08 Å². The summed E-state index contributed by atoms with van der Waals surface area (Å²) in [4.78, 5) is 12.3. The van der Waals surface area contributed by atoms with Crippen molar-refractivity contribution in [2.45, 2.75) is 13.5 Å². The maximum atomic E-state index is 12.3. The van der Waals surface area contributed by atoms with Crippen molar-refractivity contribution in [3.05, 3.63) is 98.1 Å². The van der Waals surface area contributed by atoms with Gasteiger partial charge in [0.1, 0.15) is 6.61 Å². The van der Waals surface area contributed by atoms with Crippen LogP contribution >= 0.6 is 34.2 Å². The van der Waals surface area contributed by atoms with Crippen molar-refractivity contribution in [1.82, 2.24) is 0 Å². The number of allylic oxidation sites excluding steroid dienone is 1. The zero-order valence-corrected chi connectivity index (χ0v) is 18.8. The number of rotatable bonds is 8. The van der Waals surface area contributed by atoms with Crippen LogP contribution in [0, 0.1) is 3.57 Å². The molecule has 0 heterocycles. The van der Waals surface area contributed by atoms with Gasteiger partial charge in [0.25, 0.3) is 0 Å². The molecule has 29 heavy (non-hydrogen) atoms. The SMILES string of the molecule is CCOc1cc(/C=C/C(=O)c2ccccc2)cc(I)c1OCc1ccc(Cl)cc1. The molecule has 3 aromatic rings. The van der Waals surface area contributed by atoms with Crippen LogP contribution in [0.3, 0.4) is 0 Å². The first-order valence-corrected chi connectivity index (χ1v) is 10.6. The monoisotopic (exact) mass is 518 g/mol. The maximum absolute atomic E-state index is 12.3. The number of ether oxygens (including phenoxy) is 2. The molecule has 0 saturated heterocycles. The van der Waals surface area contributed by atoms with Gasteiger partial charge in [-0.15, -0.1) is 0 Å². The highest BCUT2D eigenvalue weighted by molar-refractivity contribution is 14.1. The fourth-order valence-electron chi connectivity index (χ4n) is 2.69. The van der Waals surface area contributed by atoms with Gasteiger partial charge in [-0.1, -0.05) is 60.1 Å². The van der Waals surface area contributed by atoms with E-state index in [0.717, 1.165) is 14.7 Å². The molecule has 0 aromatic heterocycles. The van der Waals surface area contributed by atoms with Crippen molar-refractivity contribution in [3.63, 3.8) is 0 Å². The van der Waals surface area contributed by atoms with Crippen molar-refractivity contribution >= 4 is 46.1 Å². The molecule has 3 nitrogen and oxygen atoms in total. The van der Waals surface area contributed by atoms with Crippen molar-refractivity contribution in [2.75, 3.05) is 6.61 Å². The Labute approximate surface area is 189 Å². The molecule has 0 bridgehead atoms. The van der Waals surface area contributed by atoms with Crippen LogP contribution in [0.5, 0.6) is 11.5 Å². The Bertz CT molecular complexity index is 999. The van der Waals surface area contributed by atoms with Crippen LogP contribution in [0.2, 0.25) is 5.02 Å². The minimum atomic E-state index is -0.0402. The number of ketones is 1. The lowest BCUT2D eigenvalue weighted by molar-refractivity contribution is 0.104. The molecule has 0 N–H and O–H groups in total. The van der Waals surface area contributed by atoms with Gasteiger partial charge < -0.3 is 9.47 Å². The van der Waals surface area contributed by atoms with Gasteiger partial charge in [0.2, 0.25) is 0 Å². The topological polar surface area (TPSA) is 35.5 Å². The van der Waals surface area contributed by atoms with Gasteiger partial charge in [-0.3, -0.25) is 4.79 Å². The molecular weight excluding hydrogens is 499 g/mol.